The fraction of sp³-hybridized carbons (Fsp3) is 0.167. The van der Waals surface area contributed by atoms with Gasteiger partial charge in [0.05, 0.1) is 46.2 Å². The molecule has 0 aliphatic carbocycles. The van der Waals surface area contributed by atoms with Crippen LogP contribution in [-0.4, -0.2) is 9.55 Å². The van der Waals surface area contributed by atoms with Crippen molar-refractivity contribution in [3.05, 3.63) is 241 Å². The van der Waals surface area contributed by atoms with E-state index in [-0.39, 0.29) is 61.7 Å². The summed E-state index contributed by atoms with van der Waals surface area (Å²) in [4.78, 5) is 10.3. The monoisotopic (exact) mass is 1200 g/mol. The molecule has 10 aromatic carbocycles. The minimum Gasteiger partial charge on any atom is -0.501 e. The normalized spacial score (nSPS) is 12.6. The van der Waals surface area contributed by atoms with Gasteiger partial charge in [0.25, 0.3) is 0 Å². The van der Waals surface area contributed by atoms with E-state index in [4.69, 9.17) is 21.2 Å². The quantitative estimate of drug-likeness (QED) is 0.101. The van der Waals surface area contributed by atoms with E-state index in [1.54, 1.807) is 0 Å². The minimum absolute atomic E-state index is 0. The molecule has 3 heterocycles. The van der Waals surface area contributed by atoms with Crippen LogP contribution in [0.15, 0.2) is 211 Å². The number of fused-ring (bicyclic) bond motifs is 6. The Morgan fingerprint density at radius 3 is 1.94 bits per heavy atom. The van der Waals surface area contributed by atoms with Gasteiger partial charge in [-0.1, -0.05) is 181 Å². The van der Waals surface area contributed by atoms with Crippen LogP contribution >= 0.6 is 0 Å². The zero-order valence-corrected chi connectivity index (χ0v) is 47.5. The van der Waals surface area contributed by atoms with Crippen LogP contribution in [-0.2, 0) is 20.1 Å². The van der Waals surface area contributed by atoms with E-state index in [0.29, 0.717) is 28.6 Å². The number of benzene rings is 10. The average Bonchev–Trinajstić information content (AvgIpc) is 2.18. The van der Waals surface area contributed by atoms with Crippen molar-refractivity contribution in [2.45, 2.75) is 79.1 Å². The summed E-state index contributed by atoms with van der Waals surface area (Å²) < 4.78 is 52.9. The summed E-state index contributed by atoms with van der Waals surface area (Å²) in [6, 6.07) is 65.6. The van der Waals surface area contributed by atoms with E-state index in [0.717, 1.165) is 72.1 Å². The van der Waals surface area contributed by atoms with Crippen LogP contribution in [0.4, 0.5) is 0 Å². The zero-order valence-electron chi connectivity index (χ0n) is 50.1. The van der Waals surface area contributed by atoms with Gasteiger partial charge >= 0.3 is 20.1 Å². The molecule has 0 N–H and O–H groups in total. The van der Waals surface area contributed by atoms with Crippen molar-refractivity contribution in [2.75, 3.05) is 0 Å². The van der Waals surface area contributed by atoms with Gasteiger partial charge in [0.15, 0.2) is 0 Å². The van der Waals surface area contributed by atoms with Crippen molar-refractivity contribution in [3.63, 3.8) is 0 Å². The van der Waals surface area contributed by atoms with Crippen molar-refractivity contribution in [3.8, 4) is 56.4 Å². The summed E-state index contributed by atoms with van der Waals surface area (Å²) in [6.45, 7) is 18.0. The van der Waals surface area contributed by atoms with E-state index in [1.807, 2.05) is 66.7 Å². The molecule has 13 rings (SSSR count). The van der Waals surface area contributed by atoms with Crippen LogP contribution in [0, 0.1) is 12.1 Å². The Morgan fingerprint density at radius 1 is 0.551 bits per heavy atom. The molecule has 0 unspecified atom stereocenters. The average molecular weight is 1200 g/mol. The topological polar surface area (TPSA) is 48.9 Å². The molecule has 0 saturated carbocycles. The fourth-order valence-electron chi connectivity index (χ4n) is 11.0. The fourth-order valence-corrected chi connectivity index (χ4v) is 11.0. The number of nitrogens with zero attached hydrogens (tertiary/aromatic N) is 4. The molecule has 6 heteroatoms. The maximum absolute atomic E-state index is 8.53. The van der Waals surface area contributed by atoms with Gasteiger partial charge in [-0.05, 0) is 134 Å². The summed E-state index contributed by atoms with van der Waals surface area (Å²) in [6.07, 6.45) is 0. The standard InChI is InChI=1S/C47H37N2O.C25H25N2.Ir/c1-29(2)39-26-36(32-16-9-6-10-17-32)27-40(30(3)4)45(39)49-43-21-12-11-20-42(43)48-47(49)38-19-13-18-37-41-25-34-23-22-33(31-14-7-5-8-15-31)24-35(34)28-44(41)50-46(37)38;1-17(2)20-13-10-14-21(18(3)4)24(20)27-23-16-9-8-15-22(23)26-25(27)19-11-6-5-7-12-19;/h5-18,20-30H,1-4H3;5-11,13-18H,1-4H3;/q2*-1;+3/i5D,7D,8D,14D,15D;;. The van der Waals surface area contributed by atoms with Crippen LogP contribution in [0.5, 0.6) is 0 Å². The molecule has 0 fully saturated rings. The third-order valence-electron chi connectivity index (χ3n) is 14.8. The van der Waals surface area contributed by atoms with Gasteiger partial charge in [0.1, 0.15) is 5.58 Å². The van der Waals surface area contributed by atoms with Crippen LogP contribution in [0.2, 0.25) is 0 Å². The van der Waals surface area contributed by atoms with Gasteiger partial charge in [-0.25, -0.2) is 0 Å². The second kappa shape index (κ2) is 21.7. The number of para-hydroxylation sites is 5. The predicted octanol–water partition coefficient (Wildman–Crippen LogP) is 18.9. The first-order valence-electron chi connectivity index (χ1n) is 29.3. The Kier molecular flexibility index (Phi) is 12.8. The molecule has 0 spiro atoms. The number of hydrogen-bond acceptors (Lipinski definition) is 2. The predicted molar refractivity (Wildman–Crippen MR) is 320 cm³/mol. The van der Waals surface area contributed by atoms with Gasteiger partial charge in [-0.3, -0.25) is 9.97 Å². The van der Waals surface area contributed by atoms with Crippen LogP contribution in [0.1, 0.15) is 108 Å². The summed E-state index contributed by atoms with van der Waals surface area (Å²) in [5.41, 5.74) is 17.8. The van der Waals surface area contributed by atoms with Crippen LogP contribution < -0.4 is 9.55 Å². The molecule has 0 aliphatic rings. The molecule has 0 bridgehead atoms. The van der Waals surface area contributed by atoms with Crippen LogP contribution in [0.3, 0.4) is 0 Å². The maximum atomic E-state index is 8.53. The summed E-state index contributed by atoms with van der Waals surface area (Å²) in [5.74, 6) is 2.98. The van der Waals surface area contributed by atoms with E-state index in [2.05, 4.69) is 186 Å². The Morgan fingerprint density at radius 2 is 1.23 bits per heavy atom. The number of hydrogen-bond donors (Lipinski definition) is 0. The Hall–Kier alpha value is -8.15. The van der Waals surface area contributed by atoms with Gasteiger partial charge in [-0.15, -0.1) is 54.1 Å². The molecule has 0 aliphatic heterocycles. The van der Waals surface area contributed by atoms with E-state index in [9.17, 15) is 0 Å². The van der Waals surface area contributed by atoms with Crippen LogP contribution in [0.25, 0.3) is 111 Å². The molecule has 78 heavy (non-hydrogen) atoms. The van der Waals surface area contributed by atoms with E-state index >= 15 is 0 Å². The van der Waals surface area contributed by atoms with Crippen molar-refractivity contribution in [2.24, 2.45) is 0 Å². The SMILES string of the molecule is CC(C)c1cccc(C(C)C)c1-n1c(-c2[c-]cccc2)nc2ccccc21.[2H]c1c([2H])c([2H])c(-c2ccc3cc4c(cc3c2)oc2c(-c3[n-]c5ccccc5[n+]3-c3c(C(C)C)cc(-c5ccccc5)cc3C(C)C)[c-]ccc24)c([2H])c1[2H].[Ir+3]. The smallest absolute Gasteiger partial charge is 0.501 e. The molecule has 0 saturated heterocycles. The Bertz CT molecular complexity index is 4510. The molecule has 5 nitrogen and oxygen atoms in total. The molecule has 0 amide bonds. The molecule has 0 radical (unpaired) electrons. The second-order valence-electron chi connectivity index (χ2n) is 21.2. The van der Waals surface area contributed by atoms with E-state index in [1.165, 1.54) is 39.1 Å². The minimum atomic E-state index is -0.408. The summed E-state index contributed by atoms with van der Waals surface area (Å²) >= 11 is 0. The van der Waals surface area contributed by atoms with E-state index < -0.39 is 6.04 Å². The first-order valence-corrected chi connectivity index (χ1v) is 26.8. The number of imidazole rings is 2. The molecular formula is C72H62IrN4O+. The number of furan rings is 1. The van der Waals surface area contributed by atoms with Crippen molar-refractivity contribution in [1.82, 2.24) is 14.5 Å². The van der Waals surface area contributed by atoms with Crippen molar-refractivity contribution >= 4 is 54.8 Å². The third-order valence-corrected chi connectivity index (χ3v) is 14.8. The number of aromatic nitrogens is 4. The first kappa shape index (κ1) is 46.0. The summed E-state index contributed by atoms with van der Waals surface area (Å²) in [7, 11) is 0. The maximum Gasteiger partial charge on any atom is 3.00 e. The van der Waals surface area contributed by atoms with Crippen molar-refractivity contribution in [1.29, 1.82) is 0 Å². The molecule has 13 aromatic rings. The summed E-state index contributed by atoms with van der Waals surface area (Å²) in [5, 5.41) is 3.64. The van der Waals surface area contributed by atoms with Gasteiger partial charge in [0, 0.05) is 16.8 Å². The molecule has 0 atom stereocenters. The number of rotatable bonds is 10. The molecule has 384 valence electrons. The van der Waals surface area contributed by atoms with Gasteiger partial charge < -0.3 is 13.6 Å². The Labute approximate surface area is 478 Å². The zero-order chi connectivity index (χ0) is 57.2. The first-order chi connectivity index (χ1) is 39.6. The largest absolute Gasteiger partial charge is 3.00 e. The third kappa shape index (κ3) is 9.48. The molecular weight excluding hydrogens is 1130 g/mol. The van der Waals surface area contributed by atoms with Gasteiger partial charge in [0.2, 0.25) is 0 Å². The second-order valence-corrected chi connectivity index (χ2v) is 21.2. The Balaban J connectivity index is 0.000000216. The molecule has 3 aromatic heterocycles. The van der Waals surface area contributed by atoms with Crippen molar-refractivity contribution < 1.29 is 35.9 Å². The van der Waals surface area contributed by atoms with Gasteiger partial charge in [-0.2, -0.15) is 0 Å².